The van der Waals surface area contributed by atoms with Crippen LogP contribution in [0.1, 0.15) is 34.3 Å². The first-order valence-corrected chi connectivity index (χ1v) is 16.9. The molecule has 6 atom stereocenters. The third-order valence-electron chi connectivity index (χ3n) is 9.89. The Bertz CT molecular complexity index is 1870. The highest BCUT2D eigenvalue weighted by Gasteiger charge is 2.74. The van der Waals surface area contributed by atoms with Gasteiger partial charge in [0.15, 0.2) is 0 Å². The van der Waals surface area contributed by atoms with Gasteiger partial charge in [0, 0.05) is 0 Å². The Morgan fingerprint density at radius 3 is 1.06 bits per heavy atom. The quantitative estimate of drug-likeness (QED) is 0.205. The van der Waals surface area contributed by atoms with Crippen LogP contribution < -0.4 is 9.80 Å². The minimum absolute atomic E-state index is 0.109. The van der Waals surface area contributed by atoms with Crippen LogP contribution in [0.3, 0.4) is 0 Å². The number of carbonyl (C=O) groups excluding carboxylic acids is 4. The minimum atomic E-state index is -1.06. The van der Waals surface area contributed by atoms with Crippen molar-refractivity contribution < 1.29 is 19.2 Å². The van der Waals surface area contributed by atoms with E-state index in [0.717, 1.165) is 20.9 Å². The fourth-order valence-corrected chi connectivity index (χ4v) is 9.00. The number of fused-ring (bicyclic) bond motifs is 5. The summed E-state index contributed by atoms with van der Waals surface area (Å²) >= 11 is 26.3. The van der Waals surface area contributed by atoms with Crippen LogP contribution in [0.5, 0.6) is 0 Å². The molecule has 8 nitrogen and oxygen atoms in total. The topological polar surface area (TPSA) is 81.2 Å². The number of hydrogen-bond acceptors (Lipinski definition) is 6. The highest BCUT2D eigenvalue weighted by atomic mass is 35.5. The van der Waals surface area contributed by atoms with Crippen LogP contribution in [0.25, 0.3) is 0 Å². The molecule has 4 aromatic carbocycles. The van der Waals surface area contributed by atoms with E-state index in [-0.39, 0.29) is 31.5 Å². The fraction of sp³-hybridized carbons (Fsp3) is 0.222. The maximum atomic E-state index is 14.7. The minimum Gasteiger partial charge on any atom is -0.274 e. The normalized spacial score (nSPS) is 26.9. The second kappa shape index (κ2) is 11.4. The van der Waals surface area contributed by atoms with Crippen molar-refractivity contribution in [2.24, 2.45) is 11.8 Å². The van der Waals surface area contributed by atoms with E-state index < -0.39 is 59.6 Å². The molecule has 0 spiro atoms. The van der Waals surface area contributed by atoms with Crippen LogP contribution in [-0.2, 0) is 19.2 Å². The fourth-order valence-electron chi connectivity index (χ4n) is 7.87. The Morgan fingerprint density at radius 1 is 0.438 bits per heavy atom. The van der Waals surface area contributed by atoms with Gasteiger partial charge in [-0.2, -0.15) is 0 Å². The van der Waals surface area contributed by atoms with Crippen molar-refractivity contribution in [1.82, 2.24) is 10.0 Å². The first kappa shape index (κ1) is 31.5. The number of hydrazine groups is 1. The molecule has 4 saturated heterocycles. The van der Waals surface area contributed by atoms with Crippen LogP contribution >= 0.6 is 46.4 Å². The number of nitrogens with zero attached hydrogens (tertiary/aromatic N) is 4. The first-order chi connectivity index (χ1) is 23.0. The molecule has 242 valence electrons. The molecule has 0 N–H and O–H groups in total. The molecular formula is C36H26Cl4N4O4. The number of rotatable bonds is 4. The SMILES string of the molecule is Cc1ccc(C2C3C(=O)N(c4c(Cl)cccc4Cl)C(=O)C3N3C(c4ccc(C)cc4)C4C(=O)N(c5c(Cl)cccc5Cl)C(=O)C4N23)cc1. The Kier molecular flexibility index (Phi) is 7.49. The maximum absolute atomic E-state index is 14.7. The molecular weight excluding hydrogens is 694 g/mol. The van der Waals surface area contributed by atoms with E-state index in [1.807, 2.05) is 62.4 Å². The summed E-state index contributed by atoms with van der Waals surface area (Å²) in [4.78, 5) is 60.7. The van der Waals surface area contributed by atoms with Crippen molar-refractivity contribution in [2.75, 3.05) is 9.80 Å². The number of amides is 4. The molecule has 4 heterocycles. The molecule has 4 amide bonds. The monoisotopic (exact) mass is 718 g/mol. The molecule has 8 rings (SSSR count). The highest BCUT2D eigenvalue weighted by Crippen LogP contribution is 2.60. The number of hydrogen-bond donors (Lipinski definition) is 0. The van der Waals surface area contributed by atoms with E-state index in [0.29, 0.717) is 11.1 Å². The van der Waals surface area contributed by atoms with Gasteiger partial charge in [-0.05, 0) is 49.2 Å². The summed E-state index contributed by atoms with van der Waals surface area (Å²) in [7, 11) is 0. The van der Waals surface area contributed by atoms with Gasteiger partial charge in [-0.1, -0.05) is 118 Å². The van der Waals surface area contributed by atoms with E-state index in [2.05, 4.69) is 0 Å². The third-order valence-corrected chi connectivity index (χ3v) is 11.1. The van der Waals surface area contributed by atoms with Crippen molar-refractivity contribution in [3.63, 3.8) is 0 Å². The molecule has 48 heavy (non-hydrogen) atoms. The number of halogens is 4. The Morgan fingerprint density at radius 2 is 0.750 bits per heavy atom. The zero-order chi connectivity index (χ0) is 33.8. The van der Waals surface area contributed by atoms with Gasteiger partial charge in [0.25, 0.3) is 11.8 Å². The summed E-state index contributed by atoms with van der Waals surface area (Å²) in [5.74, 6) is -3.99. The molecule has 4 aromatic rings. The first-order valence-electron chi connectivity index (χ1n) is 15.3. The number of aryl methyl sites for hydroxylation is 2. The number of imide groups is 2. The second-order valence-corrected chi connectivity index (χ2v) is 14.2. The standard InChI is InChI=1S/C36H26Cl4N4O4/c1-17-9-13-19(14-10-17)27-25-31(35(47)41(33(25)45)29-21(37)5-3-6-22(29)38)44-28(20-15-11-18(2)12-16-20)26-32(43(27)44)36(48)42(34(26)46)30-23(39)7-4-8-24(30)40/h3-16,25-28,31-32H,1-2H3. The summed E-state index contributed by atoms with van der Waals surface area (Å²) in [5.41, 5.74) is 3.63. The lowest BCUT2D eigenvalue weighted by atomic mass is 9.84. The highest BCUT2D eigenvalue weighted by molar-refractivity contribution is 6.43. The predicted octanol–water partition coefficient (Wildman–Crippen LogP) is 7.36. The van der Waals surface area contributed by atoms with Crippen molar-refractivity contribution >= 4 is 81.4 Å². The third kappa shape index (κ3) is 4.37. The summed E-state index contributed by atoms with van der Waals surface area (Å²) in [6.45, 7) is 3.89. The van der Waals surface area contributed by atoms with Gasteiger partial charge in [0.2, 0.25) is 11.8 Å². The Balaban J connectivity index is 1.35. The van der Waals surface area contributed by atoms with Crippen molar-refractivity contribution in [2.45, 2.75) is 38.0 Å². The van der Waals surface area contributed by atoms with Crippen molar-refractivity contribution in [1.29, 1.82) is 0 Å². The number of anilines is 2. The van der Waals surface area contributed by atoms with Gasteiger partial charge in [-0.25, -0.2) is 19.8 Å². The van der Waals surface area contributed by atoms with E-state index >= 15 is 0 Å². The zero-order valence-corrected chi connectivity index (χ0v) is 28.5. The lowest BCUT2D eigenvalue weighted by Gasteiger charge is -2.36. The van der Waals surface area contributed by atoms with Crippen LogP contribution in [0.2, 0.25) is 20.1 Å². The smallest absolute Gasteiger partial charge is 0.253 e. The summed E-state index contributed by atoms with van der Waals surface area (Å²) < 4.78 is 0. The lowest BCUT2D eigenvalue weighted by Crippen LogP contribution is -2.50. The van der Waals surface area contributed by atoms with E-state index in [1.54, 1.807) is 46.4 Å². The van der Waals surface area contributed by atoms with Crippen molar-refractivity contribution in [3.05, 3.63) is 127 Å². The molecule has 6 unspecified atom stereocenters. The number of carbonyl (C=O) groups is 4. The summed E-state index contributed by atoms with van der Waals surface area (Å²) in [5, 5.41) is 4.19. The second-order valence-electron chi connectivity index (χ2n) is 12.6. The van der Waals surface area contributed by atoms with E-state index in [4.69, 9.17) is 46.4 Å². The van der Waals surface area contributed by atoms with Gasteiger partial charge >= 0.3 is 0 Å². The van der Waals surface area contributed by atoms with Gasteiger partial charge in [0.05, 0.1) is 55.4 Å². The van der Waals surface area contributed by atoms with Crippen LogP contribution in [0, 0.1) is 25.7 Å². The molecule has 0 bridgehead atoms. The summed E-state index contributed by atoms with van der Waals surface area (Å²) in [6, 6.07) is 21.1. The largest absolute Gasteiger partial charge is 0.274 e. The van der Waals surface area contributed by atoms with Gasteiger partial charge in [-0.15, -0.1) is 0 Å². The van der Waals surface area contributed by atoms with Gasteiger partial charge in [-0.3, -0.25) is 19.2 Å². The predicted molar refractivity (Wildman–Crippen MR) is 184 cm³/mol. The molecule has 4 aliphatic rings. The number of para-hydroxylation sites is 2. The van der Waals surface area contributed by atoms with Crippen molar-refractivity contribution in [3.8, 4) is 0 Å². The van der Waals surface area contributed by atoms with Crippen LogP contribution in [0.15, 0.2) is 84.9 Å². The lowest BCUT2D eigenvalue weighted by molar-refractivity contribution is -0.136. The molecule has 0 saturated carbocycles. The molecule has 12 heteroatoms. The molecule has 0 radical (unpaired) electrons. The number of benzene rings is 4. The average molecular weight is 720 g/mol. The molecule has 4 fully saturated rings. The van der Waals surface area contributed by atoms with E-state index in [1.165, 1.54) is 0 Å². The summed E-state index contributed by atoms with van der Waals surface area (Å²) in [6.07, 6.45) is 0. The Hall–Kier alpha value is -3.76. The molecule has 4 aliphatic heterocycles. The maximum Gasteiger partial charge on any atom is 0.253 e. The Labute approximate surface area is 296 Å². The van der Waals surface area contributed by atoms with Crippen LogP contribution in [0.4, 0.5) is 11.4 Å². The molecule has 0 aliphatic carbocycles. The zero-order valence-electron chi connectivity index (χ0n) is 25.5. The average Bonchev–Trinajstić information content (AvgIpc) is 3.71. The van der Waals surface area contributed by atoms with Gasteiger partial charge in [0.1, 0.15) is 12.1 Å². The molecule has 0 aromatic heterocycles. The van der Waals surface area contributed by atoms with E-state index in [9.17, 15) is 19.2 Å². The van der Waals surface area contributed by atoms with Crippen LogP contribution in [-0.4, -0.2) is 45.7 Å². The van der Waals surface area contributed by atoms with Gasteiger partial charge < -0.3 is 0 Å².